The third kappa shape index (κ3) is 8.13. The molecule has 5 heterocycles. The van der Waals surface area contributed by atoms with Crippen molar-refractivity contribution in [3.8, 4) is 0 Å². The van der Waals surface area contributed by atoms with Crippen LogP contribution >= 0.6 is 7.82 Å². The number of aliphatic hydroxyl groups excluding tert-OH is 7. The van der Waals surface area contributed by atoms with E-state index >= 15 is 0 Å². The second-order valence-corrected chi connectivity index (χ2v) is 15.0. The van der Waals surface area contributed by atoms with Crippen LogP contribution in [0.4, 0.5) is 5.82 Å². The van der Waals surface area contributed by atoms with E-state index in [-0.39, 0.29) is 30.0 Å². The lowest BCUT2D eigenvalue weighted by Crippen LogP contribution is -2.68. The molecule has 19 atom stereocenters. The molecule has 3 aliphatic heterocycles. The Hall–Kier alpha value is -2.18. The number of nitrogens with zero attached hydrogens (tertiary/aromatic N) is 4. The van der Waals surface area contributed by atoms with Crippen molar-refractivity contribution in [2.45, 2.75) is 117 Å². The van der Waals surface area contributed by atoms with Gasteiger partial charge in [-0.3, -0.25) is 13.6 Å². The molecule has 2 aromatic rings. The van der Waals surface area contributed by atoms with Gasteiger partial charge >= 0.3 is 7.82 Å². The van der Waals surface area contributed by atoms with E-state index < -0.39 is 131 Å². The quantitative estimate of drug-likeness (QED) is 0.0887. The number of imidazole rings is 1. The number of anilines is 1. The number of aromatic nitrogens is 4. The van der Waals surface area contributed by atoms with Crippen LogP contribution in [0.1, 0.15) is 12.6 Å². The number of nitrogens with one attached hydrogen (secondary N) is 1. The highest BCUT2D eigenvalue weighted by Crippen LogP contribution is 2.48. The standard InChI is InChI=1S/C28H48N9O16P/c1-33-14-10(39)4-47-28(52-22-9(30)2-8(29)21(20(22)44)51-27-13(31)18(42)16(40)11(3-38)50-27)23(14)53-54(45,46)48-5-12-17(41)19(43)26(49-12)37-7-36-15-24(32)34-6-35-25(15)37/h6-14,16-23,26-28,33,38-44H,2-5,29-31H2,1H3,(H,45,46)(H2,32,34,35)/t8-,9+,10+,11+,12+,13+,14-,16+,17+,18+,19+,20-,21+,22-,23+,26+,27+,28+/m0/s1. The minimum atomic E-state index is -5.13. The molecule has 25 nitrogen and oxygen atoms in total. The van der Waals surface area contributed by atoms with E-state index in [1.165, 1.54) is 24.3 Å². The highest BCUT2D eigenvalue weighted by Gasteiger charge is 2.52. The molecule has 4 fully saturated rings. The Labute approximate surface area is 306 Å². The Balaban J connectivity index is 1.13. The van der Waals surface area contributed by atoms with Crippen LogP contribution in [0.25, 0.3) is 11.2 Å². The van der Waals surface area contributed by atoms with Crippen LogP contribution in [0.3, 0.4) is 0 Å². The Morgan fingerprint density at radius 1 is 0.907 bits per heavy atom. The van der Waals surface area contributed by atoms with Crippen molar-refractivity contribution in [3.05, 3.63) is 12.7 Å². The first-order valence-corrected chi connectivity index (χ1v) is 18.5. The summed E-state index contributed by atoms with van der Waals surface area (Å²) in [6, 6.07) is -4.31. The molecule has 4 aliphatic rings. The molecule has 26 heteroatoms. The van der Waals surface area contributed by atoms with Gasteiger partial charge < -0.3 is 92.6 Å². The number of fused-ring (bicyclic) bond motifs is 1. The van der Waals surface area contributed by atoms with E-state index in [0.717, 1.165) is 0 Å². The molecule has 54 heavy (non-hydrogen) atoms. The Morgan fingerprint density at radius 2 is 1.57 bits per heavy atom. The molecule has 6 rings (SSSR count). The van der Waals surface area contributed by atoms with E-state index in [2.05, 4.69) is 20.3 Å². The van der Waals surface area contributed by atoms with E-state index in [0.29, 0.717) is 0 Å². The number of aliphatic hydroxyl groups is 7. The maximum absolute atomic E-state index is 13.4. The molecule has 0 aromatic carbocycles. The predicted octanol–water partition coefficient (Wildman–Crippen LogP) is -7.21. The van der Waals surface area contributed by atoms with Gasteiger partial charge in [-0.25, -0.2) is 19.5 Å². The first kappa shape index (κ1) is 41.5. The summed E-state index contributed by atoms with van der Waals surface area (Å²) in [6.45, 7) is -1.79. The number of hydrogen-bond acceptors (Lipinski definition) is 23. The molecule has 0 amide bonds. The fourth-order valence-electron chi connectivity index (χ4n) is 7.05. The van der Waals surface area contributed by atoms with Gasteiger partial charge in [0.05, 0.1) is 44.3 Å². The normalized spacial score (nSPS) is 44.4. The van der Waals surface area contributed by atoms with Crippen molar-refractivity contribution < 1.29 is 77.9 Å². The minimum Gasteiger partial charge on any atom is -0.394 e. The molecule has 17 N–H and O–H groups in total. The highest BCUT2D eigenvalue weighted by atomic mass is 31.2. The van der Waals surface area contributed by atoms with Crippen LogP contribution in [-0.4, -0.2) is 191 Å². The van der Waals surface area contributed by atoms with Gasteiger partial charge in [-0.15, -0.1) is 0 Å². The second-order valence-electron chi connectivity index (χ2n) is 13.6. The van der Waals surface area contributed by atoms with E-state index in [4.69, 9.17) is 55.7 Å². The average Bonchev–Trinajstić information content (AvgIpc) is 3.68. The molecule has 2 aromatic heterocycles. The van der Waals surface area contributed by atoms with Gasteiger partial charge in [-0.05, 0) is 13.5 Å². The van der Waals surface area contributed by atoms with Crippen LogP contribution in [0.5, 0.6) is 0 Å². The van der Waals surface area contributed by atoms with Crippen LogP contribution < -0.4 is 28.3 Å². The summed E-state index contributed by atoms with van der Waals surface area (Å²) < 4.78 is 54.2. The number of ether oxygens (including phenoxy) is 5. The van der Waals surface area contributed by atoms with Crippen LogP contribution in [-0.2, 0) is 37.3 Å². The number of rotatable bonds is 12. The summed E-state index contributed by atoms with van der Waals surface area (Å²) in [4.78, 5) is 22.9. The van der Waals surface area contributed by atoms with E-state index in [1.807, 2.05) is 0 Å². The second kappa shape index (κ2) is 16.7. The summed E-state index contributed by atoms with van der Waals surface area (Å²) in [5.41, 5.74) is 24.8. The average molecular weight is 798 g/mol. The largest absolute Gasteiger partial charge is 0.472 e. The first-order chi connectivity index (χ1) is 25.6. The zero-order valence-corrected chi connectivity index (χ0v) is 29.7. The Morgan fingerprint density at radius 3 is 2.24 bits per heavy atom. The first-order valence-electron chi connectivity index (χ1n) is 17.0. The fraction of sp³-hybridized carbons (Fsp3) is 0.821. The zero-order valence-electron chi connectivity index (χ0n) is 28.8. The van der Waals surface area contributed by atoms with E-state index in [1.54, 1.807) is 0 Å². The van der Waals surface area contributed by atoms with Gasteiger partial charge in [-0.1, -0.05) is 0 Å². The predicted molar refractivity (Wildman–Crippen MR) is 177 cm³/mol. The molecular formula is C28H48N9O16P. The Bertz CT molecular complexity index is 1620. The SMILES string of the molecule is CN[C@@H]1[C@@H](OP(=O)(O)OC[C@H]2O[C@@H](n3cnc4c(N)ncnc43)[C@H](O)[C@@H]2O)[C@@H](O[C@@H]2[C@@H](O)[C@H](O[C@H]3O[C@H](CO)[C@@H](O)[C@H](O)[C@H]3N)[C@@H](N)C[C@H]2N)OC[C@H]1O. The molecule has 306 valence electrons. The van der Waals surface area contributed by atoms with Gasteiger partial charge in [0.2, 0.25) is 0 Å². The number of phosphoric acid groups is 1. The maximum atomic E-state index is 13.4. The molecule has 3 saturated heterocycles. The maximum Gasteiger partial charge on any atom is 0.472 e. The minimum absolute atomic E-state index is 0.00729. The summed E-state index contributed by atoms with van der Waals surface area (Å²) in [5.74, 6) is 0.0682. The topological polar surface area (TPSA) is 403 Å². The van der Waals surface area contributed by atoms with Gasteiger partial charge in [0.1, 0.15) is 72.9 Å². The van der Waals surface area contributed by atoms with Crippen molar-refractivity contribution in [2.24, 2.45) is 17.2 Å². The molecule has 0 bridgehead atoms. The van der Waals surface area contributed by atoms with Crippen molar-refractivity contribution >= 4 is 24.8 Å². The molecular weight excluding hydrogens is 749 g/mol. The third-order valence-electron chi connectivity index (χ3n) is 10.0. The molecule has 1 aliphatic carbocycles. The number of nitrogen functional groups attached to an aromatic ring is 1. The lowest BCUT2D eigenvalue weighted by Gasteiger charge is -2.48. The monoisotopic (exact) mass is 797 g/mol. The summed E-state index contributed by atoms with van der Waals surface area (Å²) in [5, 5.41) is 76.4. The van der Waals surface area contributed by atoms with Crippen LogP contribution in [0.15, 0.2) is 12.7 Å². The van der Waals surface area contributed by atoms with Gasteiger partial charge in [0.15, 0.2) is 30.3 Å². The molecule has 0 radical (unpaired) electrons. The van der Waals surface area contributed by atoms with Crippen molar-refractivity contribution in [1.29, 1.82) is 0 Å². The summed E-state index contributed by atoms with van der Waals surface area (Å²) in [7, 11) is -3.70. The van der Waals surface area contributed by atoms with Crippen LogP contribution in [0.2, 0.25) is 0 Å². The Kier molecular flexibility index (Phi) is 12.8. The number of nitrogens with two attached hydrogens (primary N) is 4. The number of likely N-dealkylation sites (N-methyl/N-ethyl adjacent to an activating group) is 1. The third-order valence-corrected chi connectivity index (χ3v) is 11.0. The summed E-state index contributed by atoms with van der Waals surface area (Å²) in [6.07, 6.45) is -17.8. The number of phosphoric ester groups is 1. The lowest BCUT2D eigenvalue weighted by atomic mass is 9.84. The van der Waals surface area contributed by atoms with Gasteiger partial charge in [0, 0.05) is 12.1 Å². The van der Waals surface area contributed by atoms with Crippen molar-refractivity contribution in [3.63, 3.8) is 0 Å². The van der Waals surface area contributed by atoms with Gasteiger partial charge in [0.25, 0.3) is 0 Å². The van der Waals surface area contributed by atoms with Crippen LogP contribution in [0, 0.1) is 0 Å². The molecule has 1 unspecified atom stereocenters. The molecule has 1 saturated carbocycles. The fourth-order valence-corrected chi connectivity index (χ4v) is 7.98. The summed E-state index contributed by atoms with van der Waals surface area (Å²) >= 11 is 0. The van der Waals surface area contributed by atoms with E-state index in [9.17, 15) is 45.2 Å². The van der Waals surface area contributed by atoms with Gasteiger partial charge in [-0.2, -0.15) is 0 Å². The van der Waals surface area contributed by atoms with Crippen molar-refractivity contribution in [1.82, 2.24) is 24.8 Å². The zero-order chi connectivity index (χ0) is 39.2. The smallest absolute Gasteiger partial charge is 0.394 e. The lowest BCUT2D eigenvalue weighted by molar-refractivity contribution is -0.310. The van der Waals surface area contributed by atoms with Crippen molar-refractivity contribution in [2.75, 3.05) is 32.6 Å². The molecule has 0 spiro atoms. The number of hydrogen-bond donors (Lipinski definition) is 13. The highest BCUT2D eigenvalue weighted by molar-refractivity contribution is 7.47.